The molecule has 0 aromatic heterocycles. The molecule has 2 atom stereocenters. The van der Waals surface area contributed by atoms with E-state index in [-0.39, 0.29) is 11.8 Å². The quantitative estimate of drug-likeness (QED) is 0.888. The molecule has 0 bridgehead atoms. The fourth-order valence-electron chi connectivity index (χ4n) is 2.34. The number of hydrogen-bond acceptors (Lipinski definition) is 3. The highest BCUT2D eigenvalue weighted by Gasteiger charge is 2.28. The molecule has 5 nitrogen and oxygen atoms in total. The number of carboxylic acids is 1. The van der Waals surface area contributed by atoms with Crippen LogP contribution < -0.4 is 5.32 Å². The molecule has 1 aromatic carbocycles. The Morgan fingerprint density at radius 3 is 2.81 bits per heavy atom. The first-order valence-electron chi connectivity index (χ1n) is 6.86. The van der Waals surface area contributed by atoms with Crippen molar-refractivity contribution in [3.8, 4) is 0 Å². The number of nitrogens with one attached hydrogen (secondary N) is 1. The van der Waals surface area contributed by atoms with Crippen molar-refractivity contribution < 1.29 is 23.8 Å². The van der Waals surface area contributed by atoms with Gasteiger partial charge in [0.2, 0.25) is 5.91 Å². The summed E-state index contributed by atoms with van der Waals surface area (Å²) < 4.78 is 18.5. The zero-order valence-electron chi connectivity index (χ0n) is 11.8. The smallest absolute Gasteiger partial charge is 0.330 e. The minimum Gasteiger partial charge on any atom is -0.479 e. The Labute approximate surface area is 122 Å². The van der Waals surface area contributed by atoms with E-state index in [0.29, 0.717) is 30.8 Å². The summed E-state index contributed by atoms with van der Waals surface area (Å²) in [5.74, 6) is -2.26. The summed E-state index contributed by atoms with van der Waals surface area (Å²) in [6.07, 6.45) is 1.46. The van der Waals surface area contributed by atoms with Gasteiger partial charge in [-0.15, -0.1) is 0 Å². The molecular formula is C15H18FNO4. The highest BCUT2D eigenvalue weighted by Crippen LogP contribution is 2.20. The number of benzene rings is 1. The molecular weight excluding hydrogens is 277 g/mol. The monoisotopic (exact) mass is 295 g/mol. The van der Waals surface area contributed by atoms with E-state index in [9.17, 15) is 19.1 Å². The number of ether oxygens (including phenoxy) is 1. The summed E-state index contributed by atoms with van der Waals surface area (Å²) in [6.45, 7) is 2.48. The molecule has 6 heteroatoms. The standard InChI is InChI=1S/C15H18FNO4/c1-9-7-10(4-5-12(9)16)13(15(19)20)17-14(18)11-3-2-6-21-8-11/h4-5,7,11,13H,2-3,6,8H2,1H3,(H,17,18)(H,19,20). The molecule has 1 amide bonds. The lowest BCUT2D eigenvalue weighted by Gasteiger charge is -2.23. The summed E-state index contributed by atoms with van der Waals surface area (Å²) in [4.78, 5) is 23.5. The van der Waals surface area contributed by atoms with Gasteiger partial charge in [0.1, 0.15) is 5.82 Å². The van der Waals surface area contributed by atoms with Gasteiger partial charge < -0.3 is 15.2 Å². The van der Waals surface area contributed by atoms with Crippen LogP contribution in [0.1, 0.15) is 30.0 Å². The van der Waals surface area contributed by atoms with Crippen molar-refractivity contribution >= 4 is 11.9 Å². The Balaban J connectivity index is 2.13. The van der Waals surface area contributed by atoms with Gasteiger partial charge in [-0.05, 0) is 37.0 Å². The highest BCUT2D eigenvalue weighted by molar-refractivity contribution is 5.86. The summed E-state index contributed by atoms with van der Waals surface area (Å²) in [7, 11) is 0. The number of halogens is 1. The minimum absolute atomic E-state index is 0.306. The zero-order chi connectivity index (χ0) is 15.4. The normalized spacial score (nSPS) is 19.8. The van der Waals surface area contributed by atoms with Crippen LogP contribution in [-0.2, 0) is 14.3 Å². The minimum atomic E-state index is -1.18. The zero-order valence-corrected chi connectivity index (χ0v) is 11.8. The van der Waals surface area contributed by atoms with Crippen molar-refractivity contribution in [1.29, 1.82) is 0 Å². The maximum Gasteiger partial charge on any atom is 0.330 e. The fourth-order valence-corrected chi connectivity index (χ4v) is 2.34. The van der Waals surface area contributed by atoms with Crippen LogP contribution in [0, 0.1) is 18.7 Å². The van der Waals surface area contributed by atoms with Crippen LogP contribution in [0.25, 0.3) is 0 Å². The number of rotatable bonds is 4. The SMILES string of the molecule is Cc1cc(C(NC(=O)C2CCCOC2)C(=O)O)ccc1F. The maximum atomic E-state index is 13.3. The maximum absolute atomic E-state index is 13.3. The number of carbonyl (C=O) groups excluding carboxylic acids is 1. The molecule has 2 unspecified atom stereocenters. The van der Waals surface area contributed by atoms with Crippen molar-refractivity contribution in [1.82, 2.24) is 5.32 Å². The molecule has 2 N–H and O–H groups in total. The van der Waals surface area contributed by atoms with Gasteiger partial charge in [0.15, 0.2) is 6.04 Å². The van der Waals surface area contributed by atoms with E-state index < -0.39 is 17.8 Å². The fraction of sp³-hybridized carbons (Fsp3) is 0.467. The van der Waals surface area contributed by atoms with Crippen molar-refractivity contribution in [3.05, 3.63) is 35.1 Å². The van der Waals surface area contributed by atoms with Gasteiger partial charge >= 0.3 is 5.97 Å². The lowest BCUT2D eigenvalue weighted by atomic mass is 9.99. The second-order valence-corrected chi connectivity index (χ2v) is 5.20. The molecule has 114 valence electrons. The van der Waals surface area contributed by atoms with Crippen LogP contribution in [-0.4, -0.2) is 30.2 Å². The third-order valence-electron chi connectivity index (χ3n) is 3.58. The number of carboxylic acid groups (broad SMARTS) is 1. The Hall–Kier alpha value is -1.95. The molecule has 2 rings (SSSR count). The first-order valence-corrected chi connectivity index (χ1v) is 6.86. The predicted molar refractivity (Wildman–Crippen MR) is 73.2 cm³/mol. The predicted octanol–water partition coefficient (Wildman–Crippen LogP) is 1.80. The number of aliphatic carboxylic acids is 1. The largest absolute Gasteiger partial charge is 0.479 e. The summed E-state index contributed by atoms with van der Waals surface area (Å²) in [5.41, 5.74) is 0.695. The highest BCUT2D eigenvalue weighted by atomic mass is 19.1. The van der Waals surface area contributed by atoms with Crippen LogP contribution in [0.3, 0.4) is 0 Å². The van der Waals surface area contributed by atoms with Gasteiger partial charge in [0.05, 0.1) is 12.5 Å². The van der Waals surface area contributed by atoms with Crippen molar-refractivity contribution in [3.63, 3.8) is 0 Å². The Kier molecular flexibility index (Phi) is 4.90. The first-order chi connectivity index (χ1) is 9.99. The number of hydrogen-bond donors (Lipinski definition) is 2. The molecule has 0 saturated carbocycles. The molecule has 1 aliphatic heterocycles. The van der Waals surface area contributed by atoms with Gasteiger partial charge in [-0.2, -0.15) is 0 Å². The molecule has 1 fully saturated rings. The summed E-state index contributed by atoms with van der Waals surface area (Å²) >= 11 is 0. The van der Waals surface area contributed by atoms with Crippen LogP contribution in [0.5, 0.6) is 0 Å². The van der Waals surface area contributed by atoms with E-state index in [2.05, 4.69) is 5.32 Å². The van der Waals surface area contributed by atoms with Crippen molar-refractivity contribution in [2.45, 2.75) is 25.8 Å². The van der Waals surface area contributed by atoms with Crippen LogP contribution in [0.4, 0.5) is 4.39 Å². The van der Waals surface area contributed by atoms with Gasteiger partial charge in [-0.1, -0.05) is 12.1 Å². The third kappa shape index (κ3) is 3.78. The van der Waals surface area contributed by atoms with Gasteiger partial charge in [0.25, 0.3) is 0 Å². The average Bonchev–Trinajstić information content (AvgIpc) is 2.48. The number of aryl methyl sites for hydroxylation is 1. The first kappa shape index (κ1) is 15.4. The molecule has 21 heavy (non-hydrogen) atoms. The Bertz CT molecular complexity index is 540. The molecule has 1 saturated heterocycles. The Morgan fingerprint density at radius 2 is 2.24 bits per heavy atom. The van der Waals surface area contributed by atoms with Crippen LogP contribution in [0.15, 0.2) is 18.2 Å². The molecule has 0 radical (unpaired) electrons. The topological polar surface area (TPSA) is 75.6 Å². The summed E-state index contributed by atoms with van der Waals surface area (Å²) in [6, 6.07) is 2.83. The van der Waals surface area contributed by atoms with Crippen LogP contribution >= 0.6 is 0 Å². The second kappa shape index (κ2) is 6.67. The van der Waals surface area contributed by atoms with E-state index >= 15 is 0 Å². The van der Waals surface area contributed by atoms with Crippen molar-refractivity contribution in [2.24, 2.45) is 5.92 Å². The van der Waals surface area contributed by atoms with Gasteiger partial charge in [0, 0.05) is 6.61 Å². The lowest BCUT2D eigenvalue weighted by molar-refractivity contribution is -0.143. The van der Waals surface area contributed by atoms with Crippen molar-refractivity contribution in [2.75, 3.05) is 13.2 Å². The van der Waals surface area contributed by atoms with E-state index in [1.54, 1.807) is 6.92 Å². The molecule has 0 spiro atoms. The average molecular weight is 295 g/mol. The third-order valence-corrected chi connectivity index (χ3v) is 3.58. The van der Waals surface area contributed by atoms with Gasteiger partial charge in [-0.25, -0.2) is 9.18 Å². The second-order valence-electron chi connectivity index (χ2n) is 5.20. The summed E-state index contributed by atoms with van der Waals surface area (Å²) in [5, 5.41) is 11.8. The van der Waals surface area contributed by atoms with E-state index in [0.717, 1.165) is 6.42 Å². The molecule has 1 aromatic rings. The molecule has 0 aliphatic carbocycles. The molecule has 1 aliphatic rings. The number of carbonyl (C=O) groups is 2. The molecule has 1 heterocycles. The van der Waals surface area contributed by atoms with Crippen LogP contribution in [0.2, 0.25) is 0 Å². The Morgan fingerprint density at radius 1 is 1.48 bits per heavy atom. The van der Waals surface area contributed by atoms with E-state index in [4.69, 9.17) is 4.74 Å². The van der Waals surface area contributed by atoms with Gasteiger partial charge in [-0.3, -0.25) is 4.79 Å². The number of amides is 1. The van der Waals surface area contributed by atoms with E-state index in [1.807, 2.05) is 0 Å². The lowest BCUT2D eigenvalue weighted by Crippen LogP contribution is -2.40. The van der Waals surface area contributed by atoms with E-state index in [1.165, 1.54) is 18.2 Å².